The summed E-state index contributed by atoms with van der Waals surface area (Å²) in [5.74, 6) is -1.81. The molecule has 6 nitrogen and oxygen atoms in total. The predicted molar refractivity (Wildman–Crippen MR) is 64.2 cm³/mol. The van der Waals surface area contributed by atoms with Gasteiger partial charge in [0.1, 0.15) is 11.5 Å². The highest BCUT2D eigenvalue weighted by Crippen LogP contribution is 2.23. The number of amides is 1. The molecule has 0 spiro atoms. The number of carboxylic acid groups (broad SMARTS) is 1. The van der Waals surface area contributed by atoms with E-state index in [2.05, 4.69) is 0 Å². The average Bonchev–Trinajstić information content (AvgIpc) is 2.79. The van der Waals surface area contributed by atoms with Crippen LogP contribution in [-0.2, 0) is 19.1 Å². The zero-order valence-electron chi connectivity index (χ0n) is 11.3. The molecule has 104 valence electrons. The fourth-order valence-corrected chi connectivity index (χ4v) is 2.05. The van der Waals surface area contributed by atoms with Gasteiger partial charge in [0.2, 0.25) is 0 Å². The van der Waals surface area contributed by atoms with Gasteiger partial charge in [0, 0.05) is 13.7 Å². The van der Waals surface area contributed by atoms with Gasteiger partial charge < -0.3 is 19.5 Å². The molecule has 1 rings (SSSR count). The Labute approximate surface area is 107 Å². The molecule has 0 bridgehead atoms. The van der Waals surface area contributed by atoms with E-state index < -0.39 is 23.5 Å². The third-order valence-corrected chi connectivity index (χ3v) is 3.39. The van der Waals surface area contributed by atoms with Crippen LogP contribution in [0.25, 0.3) is 0 Å². The molecule has 0 aromatic carbocycles. The van der Waals surface area contributed by atoms with Gasteiger partial charge in [0.05, 0.1) is 19.3 Å². The maximum Gasteiger partial charge on any atom is 0.311 e. The van der Waals surface area contributed by atoms with Gasteiger partial charge in [-0.25, -0.2) is 0 Å². The summed E-state index contributed by atoms with van der Waals surface area (Å²) in [7, 11) is 1.46. The van der Waals surface area contributed by atoms with Gasteiger partial charge in [-0.2, -0.15) is 0 Å². The van der Waals surface area contributed by atoms with E-state index in [0.717, 1.165) is 0 Å². The van der Waals surface area contributed by atoms with Gasteiger partial charge in [-0.1, -0.05) is 0 Å². The minimum Gasteiger partial charge on any atom is -0.481 e. The minimum absolute atomic E-state index is 0.150. The normalized spacial score (nSPS) is 24.0. The van der Waals surface area contributed by atoms with E-state index in [0.29, 0.717) is 6.54 Å². The molecular weight excluding hydrogens is 238 g/mol. The van der Waals surface area contributed by atoms with E-state index in [-0.39, 0.29) is 19.1 Å². The fraction of sp³-hybridized carbons (Fsp3) is 0.833. The number of methoxy groups -OCH3 is 1. The van der Waals surface area contributed by atoms with Crippen LogP contribution in [-0.4, -0.2) is 60.4 Å². The van der Waals surface area contributed by atoms with Crippen molar-refractivity contribution in [1.82, 2.24) is 4.90 Å². The highest BCUT2D eigenvalue weighted by Gasteiger charge is 2.43. The van der Waals surface area contributed by atoms with Crippen LogP contribution in [0.4, 0.5) is 0 Å². The molecule has 2 unspecified atom stereocenters. The fourth-order valence-electron chi connectivity index (χ4n) is 2.05. The maximum absolute atomic E-state index is 12.3. The van der Waals surface area contributed by atoms with Crippen molar-refractivity contribution in [1.29, 1.82) is 0 Å². The number of hydrogen-bond donors (Lipinski definition) is 1. The van der Waals surface area contributed by atoms with Crippen LogP contribution in [0.3, 0.4) is 0 Å². The first-order chi connectivity index (χ1) is 8.35. The molecule has 0 saturated carbocycles. The van der Waals surface area contributed by atoms with Crippen LogP contribution in [0.15, 0.2) is 0 Å². The Hall–Kier alpha value is -1.14. The van der Waals surface area contributed by atoms with Gasteiger partial charge >= 0.3 is 5.97 Å². The van der Waals surface area contributed by atoms with Crippen molar-refractivity contribution >= 4 is 11.9 Å². The van der Waals surface area contributed by atoms with Crippen LogP contribution in [0, 0.1) is 5.92 Å². The lowest BCUT2D eigenvalue weighted by atomic mass is 9.99. The van der Waals surface area contributed by atoms with E-state index in [1.54, 1.807) is 13.8 Å². The minimum atomic E-state index is -0.957. The van der Waals surface area contributed by atoms with Crippen LogP contribution >= 0.6 is 0 Å². The molecule has 0 aromatic rings. The largest absolute Gasteiger partial charge is 0.481 e. The van der Waals surface area contributed by atoms with E-state index in [4.69, 9.17) is 14.6 Å². The third kappa shape index (κ3) is 2.81. The molecule has 1 saturated heterocycles. The highest BCUT2D eigenvalue weighted by atomic mass is 16.5. The van der Waals surface area contributed by atoms with Crippen molar-refractivity contribution in [2.75, 3.05) is 26.9 Å². The first-order valence-corrected chi connectivity index (χ1v) is 6.02. The Morgan fingerprint density at radius 2 is 2.06 bits per heavy atom. The Morgan fingerprint density at radius 1 is 1.44 bits per heavy atom. The predicted octanol–water partition coefficient (Wildman–Crippen LogP) is 0.360. The number of hydrogen-bond acceptors (Lipinski definition) is 4. The Balaban J connectivity index is 2.89. The molecule has 1 heterocycles. The molecular formula is C12H21NO5. The second-order valence-corrected chi connectivity index (χ2v) is 4.86. The summed E-state index contributed by atoms with van der Waals surface area (Å²) >= 11 is 0. The second-order valence-electron chi connectivity index (χ2n) is 4.86. The highest BCUT2D eigenvalue weighted by molar-refractivity contribution is 5.85. The van der Waals surface area contributed by atoms with E-state index >= 15 is 0 Å². The number of carbonyl (C=O) groups is 2. The van der Waals surface area contributed by atoms with Crippen molar-refractivity contribution in [3.05, 3.63) is 0 Å². The van der Waals surface area contributed by atoms with E-state index in [1.807, 2.05) is 6.92 Å². The Kier molecular flexibility index (Phi) is 4.70. The first-order valence-electron chi connectivity index (χ1n) is 6.02. The van der Waals surface area contributed by atoms with Gasteiger partial charge in [0.15, 0.2) is 0 Å². The van der Waals surface area contributed by atoms with Crippen molar-refractivity contribution in [2.24, 2.45) is 5.92 Å². The number of carboxylic acids is 1. The summed E-state index contributed by atoms with van der Waals surface area (Å²) in [6.45, 7) is 6.00. The number of ether oxygens (including phenoxy) is 2. The molecule has 1 fully saturated rings. The van der Waals surface area contributed by atoms with Crippen LogP contribution in [0.1, 0.15) is 20.8 Å². The smallest absolute Gasteiger partial charge is 0.311 e. The second kappa shape index (κ2) is 5.67. The molecule has 1 amide bonds. The van der Waals surface area contributed by atoms with Crippen LogP contribution in [0.2, 0.25) is 0 Å². The lowest BCUT2D eigenvalue weighted by Crippen LogP contribution is -2.53. The van der Waals surface area contributed by atoms with Gasteiger partial charge in [-0.15, -0.1) is 0 Å². The topological polar surface area (TPSA) is 76.1 Å². The molecule has 0 aliphatic carbocycles. The monoisotopic (exact) mass is 259 g/mol. The average molecular weight is 259 g/mol. The van der Waals surface area contributed by atoms with E-state index in [1.165, 1.54) is 12.0 Å². The molecule has 1 aliphatic rings. The Bertz CT molecular complexity index is 328. The lowest BCUT2D eigenvalue weighted by Gasteiger charge is -2.35. The number of rotatable bonds is 5. The standard InChI is InChI=1S/C12H21NO5/c1-5-13(11(16)12(2,3)17-4)9-7-18-6-8(9)10(14)15/h8-9H,5-7H2,1-4H3,(H,14,15). The quantitative estimate of drug-likeness (QED) is 0.771. The summed E-state index contributed by atoms with van der Waals surface area (Å²) in [4.78, 5) is 25.0. The molecule has 18 heavy (non-hydrogen) atoms. The summed E-state index contributed by atoms with van der Waals surface area (Å²) in [6, 6.07) is -0.422. The van der Waals surface area contributed by atoms with Crippen LogP contribution < -0.4 is 0 Å². The molecule has 1 N–H and O–H groups in total. The van der Waals surface area contributed by atoms with Crippen molar-refractivity contribution in [2.45, 2.75) is 32.4 Å². The van der Waals surface area contributed by atoms with Gasteiger partial charge in [0.25, 0.3) is 5.91 Å². The zero-order chi connectivity index (χ0) is 13.9. The van der Waals surface area contributed by atoms with Crippen LogP contribution in [0.5, 0.6) is 0 Å². The number of aliphatic carboxylic acids is 1. The molecule has 6 heteroatoms. The van der Waals surface area contributed by atoms with Gasteiger partial charge in [-0.05, 0) is 20.8 Å². The van der Waals surface area contributed by atoms with Crippen molar-refractivity contribution < 1.29 is 24.2 Å². The molecule has 0 radical (unpaired) electrons. The first kappa shape index (κ1) is 14.9. The lowest BCUT2D eigenvalue weighted by molar-refractivity contribution is -0.156. The summed E-state index contributed by atoms with van der Waals surface area (Å²) < 4.78 is 10.4. The molecule has 0 aromatic heterocycles. The van der Waals surface area contributed by atoms with Crippen molar-refractivity contribution in [3.63, 3.8) is 0 Å². The number of nitrogens with zero attached hydrogens (tertiary/aromatic N) is 1. The third-order valence-electron chi connectivity index (χ3n) is 3.39. The summed E-state index contributed by atoms with van der Waals surface area (Å²) in [5, 5.41) is 9.12. The SMILES string of the molecule is CCN(C(=O)C(C)(C)OC)C1COCC1C(=O)O. The molecule has 1 aliphatic heterocycles. The summed E-state index contributed by atoms with van der Waals surface area (Å²) in [6.07, 6.45) is 0. The maximum atomic E-state index is 12.3. The van der Waals surface area contributed by atoms with Gasteiger partial charge in [-0.3, -0.25) is 9.59 Å². The van der Waals surface area contributed by atoms with Crippen molar-refractivity contribution in [3.8, 4) is 0 Å². The molecule has 2 atom stereocenters. The number of carbonyl (C=O) groups excluding carboxylic acids is 1. The van der Waals surface area contributed by atoms with E-state index in [9.17, 15) is 9.59 Å². The number of likely N-dealkylation sites (N-methyl/N-ethyl adjacent to an activating group) is 1. The Morgan fingerprint density at radius 3 is 2.50 bits per heavy atom. The summed E-state index contributed by atoms with van der Waals surface area (Å²) in [5.41, 5.74) is -0.957. The zero-order valence-corrected chi connectivity index (χ0v) is 11.3.